The highest BCUT2D eigenvalue weighted by molar-refractivity contribution is 7.98. The summed E-state index contributed by atoms with van der Waals surface area (Å²) in [5, 5.41) is 2.55. The van der Waals surface area contributed by atoms with Crippen LogP contribution in [-0.2, 0) is 0 Å². The second kappa shape index (κ2) is 4.61. The molecular formula is C15H16OS. The lowest BCUT2D eigenvalue weighted by molar-refractivity contribution is 0.120. The fourth-order valence-corrected chi connectivity index (χ4v) is 2.53. The molecule has 0 aromatic heterocycles. The molecule has 0 aliphatic heterocycles. The summed E-state index contributed by atoms with van der Waals surface area (Å²) < 4.78 is 5.91. The topological polar surface area (TPSA) is 9.23 Å². The van der Waals surface area contributed by atoms with E-state index in [2.05, 4.69) is 42.7 Å². The maximum atomic E-state index is 5.91. The smallest absolute Gasteiger partial charge is 0.120 e. The van der Waals surface area contributed by atoms with Gasteiger partial charge in [0.05, 0.1) is 6.10 Å². The zero-order chi connectivity index (χ0) is 11.7. The highest BCUT2D eigenvalue weighted by atomic mass is 32.2. The van der Waals surface area contributed by atoms with Crippen LogP contribution in [0.5, 0.6) is 5.75 Å². The molecule has 0 bridgehead atoms. The fraction of sp³-hybridized carbons (Fsp3) is 0.333. The van der Waals surface area contributed by atoms with Crippen molar-refractivity contribution in [3.05, 3.63) is 36.4 Å². The number of thioether (sulfide) groups is 1. The van der Waals surface area contributed by atoms with Crippen molar-refractivity contribution in [1.29, 1.82) is 0 Å². The van der Waals surface area contributed by atoms with Crippen molar-refractivity contribution in [2.24, 2.45) is 0 Å². The predicted octanol–water partition coefficient (Wildman–Crippen LogP) is 4.49. The van der Waals surface area contributed by atoms with E-state index < -0.39 is 0 Å². The van der Waals surface area contributed by atoms with Gasteiger partial charge >= 0.3 is 0 Å². The SMILES string of the molecule is CSc1ccc2cc(OC3CCC3)ccc2c1. The Kier molecular flexibility index (Phi) is 2.98. The normalized spacial score (nSPS) is 15.8. The summed E-state index contributed by atoms with van der Waals surface area (Å²) >= 11 is 1.78. The molecule has 88 valence electrons. The zero-order valence-corrected chi connectivity index (χ0v) is 10.8. The predicted molar refractivity (Wildman–Crippen MR) is 74.0 cm³/mol. The number of rotatable bonds is 3. The van der Waals surface area contributed by atoms with Crippen LogP contribution in [0.4, 0.5) is 0 Å². The number of hydrogen-bond donors (Lipinski definition) is 0. The van der Waals surface area contributed by atoms with Crippen molar-refractivity contribution in [3.63, 3.8) is 0 Å². The lowest BCUT2D eigenvalue weighted by atomic mass is 9.96. The van der Waals surface area contributed by atoms with Gasteiger partial charge in [0.25, 0.3) is 0 Å². The van der Waals surface area contributed by atoms with Gasteiger partial charge in [0.2, 0.25) is 0 Å². The van der Waals surface area contributed by atoms with Crippen LogP contribution in [0.3, 0.4) is 0 Å². The van der Waals surface area contributed by atoms with Gasteiger partial charge in [0.15, 0.2) is 0 Å². The van der Waals surface area contributed by atoms with E-state index in [4.69, 9.17) is 4.74 Å². The van der Waals surface area contributed by atoms with E-state index in [-0.39, 0.29) is 0 Å². The molecule has 1 saturated carbocycles. The standard InChI is InChI=1S/C15H16OS/c1-17-15-8-6-11-9-14(7-5-12(11)10-15)16-13-3-2-4-13/h5-10,13H,2-4H2,1H3. The van der Waals surface area contributed by atoms with Crippen LogP contribution in [0, 0.1) is 0 Å². The quantitative estimate of drug-likeness (QED) is 0.735. The van der Waals surface area contributed by atoms with Crippen molar-refractivity contribution >= 4 is 22.5 Å². The zero-order valence-electron chi connectivity index (χ0n) is 9.98. The van der Waals surface area contributed by atoms with Crippen LogP contribution < -0.4 is 4.74 Å². The van der Waals surface area contributed by atoms with Crippen molar-refractivity contribution < 1.29 is 4.74 Å². The summed E-state index contributed by atoms with van der Waals surface area (Å²) in [4.78, 5) is 1.31. The summed E-state index contributed by atoms with van der Waals surface area (Å²) in [6.45, 7) is 0. The molecule has 2 aromatic rings. The summed E-state index contributed by atoms with van der Waals surface area (Å²) in [5.41, 5.74) is 0. The second-order valence-corrected chi connectivity index (χ2v) is 5.43. The summed E-state index contributed by atoms with van der Waals surface area (Å²) in [7, 11) is 0. The average Bonchev–Trinajstić information content (AvgIpc) is 2.33. The molecular weight excluding hydrogens is 228 g/mol. The Labute approximate surface area is 106 Å². The van der Waals surface area contributed by atoms with Crippen LogP contribution in [-0.4, -0.2) is 12.4 Å². The minimum atomic E-state index is 0.456. The Morgan fingerprint density at radius 2 is 1.82 bits per heavy atom. The molecule has 1 nitrogen and oxygen atoms in total. The Hall–Kier alpha value is -1.15. The Morgan fingerprint density at radius 1 is 1.06 bits per heavy atom. The molecule has 3 rings (SSSR count). The molecule has 0 spiro atoms. The first-order valence-electron chi connectivity index (χ1n) is 6.09. The van der Waals surface area contributed by atoms with Gasteiger partial charge < -0.3 is 4.74 Å². The van der Waals surface area contributed by atoms with E-state index in [0.29, 0.717) is 6.10 Å². The van der Waals surface area contributed by atoms with E-state index in [1.54, 1.807) is 11.8 Å². The number of hydrogen-bond acceptors (Lipinski definition) is 2. The third-order valence-electron chi connectivity index (χ3n) is 3.37. The number of ether oxygens (including phenoxy) is 1. The monoisotopic (exact) mass is 244 g/mol. The Bertz CT molecular complexity index is 531. The number of fused-ring (bicyclic) bond motifs is 1. The maximum absolute atomic E-state index is 5.91. The Balaban J connectivity index is 1.90. The second-order valence-electron chi connectivity index (χ2n) is 4.55. The van der Waals surface area contributed by atoms with Crippen molar-refractivity contribution in [2.45, 2.75) is 30.3 Å². The Morgan fingerprint density at radius 3 is 2.53 bits per heavy atom. The van der Waals surface area contributed by atoms with E-state index in [1.807, 2.05) is 0 Å². The first kappa shape index (κ1) is 11.0. The summed E-state index contributed by atoms with van der Waals surface area (Å²) in [6, 6.07) is 13.0. The first-order chi connectivity index (χ1) is 8.35. The molecule has 1 aliphatic carbocycles. The maximum Gasteiger partial charge on any atom is 0.120 e. The van der Waals surface area contributed by atoms with Crippen molar-refractivity contribution in [2.75, 3.05) is 6.26 Å². The highest BCUT2D eigenvalue weighted by Gasteiger charge is 2.18. The average molecular weight is 244 g/mol. The van der Waals surface area contributed by atoms with Gasteiger partial charge in [-0.2, -0.15) is 0 Å². The molecule has 0 radical (unpaired) electrons. The minimum absolute atomic E-state index is 0.456. The molecule has 2 aromatic carbocycles. The largest absolute Gasteiger partial charge is 0.490 e. The van der Waals surface area contributed by atoms with Crippen LogP contribution in [0.15, 0.2) is 41.3 Å². The lowest BCUT2D eigenvalue weighted by Crippen LogP contribution is -2.24. The summed E-state index contributed by atoms with van der Waals surface area (Å²) in [5.74, 6) is 1.01. The van der Waals surface area contributed by atoms with Crippen LogP contribution in [0.25, 0.3) is 10.8 Å². The highest BCUT2D eigenvalue weighted by Crippen LogP contribution is 2.29. The molecule has 0 atom stereocenters. The minimum Gasteiger partial charge on any atom is -0.490 e. The van der Waals surface area contributed by atoms with Crippen molar-refractivity contribution in [3.8, 4) is 5.75 Å². The molecule has 17 heavy (non-hydrogen) atoms. The van der Waals surface area contributed by atoms with Gasteiger partial charge in [0.1, 0.15) is 5.75 Å². The summed E-state index contributed by atoms with van der Waals surface area (Å²) in [6.07, 6.45) is 6.30. The molecule has 2 heteroatoms. The molecule has 0 heterocycles. The molecule has 0 amide bonds. The molecule has 1 fully saturated rings. The third kappa shape index (κ3) is 2.27. The van der Waals surface area contributed by atoms with E-state index in [9.17, 15) is 0 Å². The molecule has 0 saturated heterocycles. The molecule has 1 aliphatic rings. The van der Waals surface area contributed by atoms with Crippen LogP contribution in [0.1, 0.15) is 19.3 Å². The first-order valence-corrected chi connectivity index (χ1v) is 7.32. The number of benzene rings is 2. The third-order valence-corrected chi connectivity index (χ3v) is 4.10. The van der Waals surface area contributed by atoms with Crippen molar-refractivity contribution in [1.82, 2.24) is 0 Å². The van der Waals surface area contributed by atoms with Gasteiger partial charge in [-0.15, -0.1) is 11.8 Å². The van der Waals surface area contributed by atoms with Gasteiger partial charge in [-0.3, -0.25) is 0 Å². The van der Waals surface area contributed by atoms with Crippen LogP contribution >= 0.6 is 11.8 Å². The lowest BCUT2D eigenvalue weighted by Gasteiger charge is -2.26. The molecule has 0 unspecified atom stereocenters. The van der Waals surface area contributed by atoms with E-state index >= 15 is 0 Å². The fourth-order valence-electron chi connectivity index (χ4n) is 2.08. The van der Waals surface area contributed by atoms with E-state index in [1.165, 1.54) is 34.9 Å². The van der Waals surface area contributed by atoms with Gasteiger partial charge in [-0.1, -0.05) is 12.1 Å². The van der Waals surface area contributed by atoms with Gasteiger partial charge in [0, 0.05) is 4.90 Å². The van der Waals surface area contributed by atoms with Crippen LogP contribution in [0.2, 0.25) is 0 Å². The molecule has 0 N–H and O–H groups in total. The van der Waals surface area contributed by atoms with Gasteiger partial charge in [-0.05, 0) is 60.6 Å². The van der Waals surface area contributed by atoms with Gasteiger partial charge in [-0.25, -0.2) is 0 Å². The van der Waals surface area contributed by atoms with E-state index in [0.717, 1.165) is 5.75 Å².